The lowest BCUT2D eigenvalue weighted by molar-refractivity contribution is -0.137. The molecule has 25 heavy (non-hydrogen) atoms. The zero-order chi connectivity index (χ0) is 18.4. The number of anilines is 1. The number of morpholine rings is 1. The Balaban J connectivity index is 2.16. The van der Waals surface area contributed by atoms with Crippen LogP contribution in [0.4, 0.5) is 5.82 Å². The van der Waals surface area contributed by atoms with E-state index in [1.807, 2.05) is 27.9 Å². The number of amides is 2. The van der Waals surface area contributed by atoms with Gasteiger partial charge >= 0.3 is 0 Å². The van der Waals surface area contributed by atoms with Crippen molar-refractivity contribution < 1.29 is 14.3 Å². The molecule has 1 fully saturated rings. The van der Waals surface area contributed by atoms with Crippen molar-refractivity contribution in [3.05, 3.63) is 23.9 Å². The molecule has 0 spiro atoms. The smallest absolute Gasteiger partial charge is 0.255 e. The van der Waals surface area contributed by atoms with Crippen molar-refractivity contribution in [2.24, 2.45) is 5.92 Å². The highest BCUT2D eigenvalue weighted by Gasteiger charge is 2.29. The molecule has 1 N–H and O–H groups in total. The van der Waals surface area contributed by atoms with E-state index >= 15 is 0 Å². The first-order chi connectivity index (χ1) is 11.9. The number of rotatable bonds is 6. The monoisotopic (exact) mass is 348 g/mol. The van der Waals surface area contributed by atoms with E-state index in [1.54, 1.807) is 28.1 Å². The minimum Gasteiger partial charge on any atom is -0.378 e. The summed E-state index contributed by atoms with van der Waals surface area (Å²) >= 11 is 0. The number of aromatic nitrogens is 1. The summed E-state index contributed by atoms with van der Waals surface area (Å²) in [6, 6.07) is 2.91. The fourth-order valence-electron chi connectivity index (χ4n) is 2.86. The van der Waals surface area contributed by atoms with Crippen LogP contribution in [-0.4, -0.2) is 68.1 Å². The van der Waals surface area contributed by atoms with Crippen molar-refractivity contribution in [2.75, 3.05) is 45.3 Å². The quantitative estimate of drug-likeness (QED) is 0.835. The molecule has 0 aromatic carbocycles. The fourth-order valence-corrected chi connectivity index (χ4v) is 2.86. The van der Waals surface area contributed by atoms with Gasteiger partial charge in [0.15, 0.2) is 0 Å². The fraction of sp³-hybridized carbons (Fsp3) is 0.611. The minimum atomic E-state index is -0.541. The van der Waals surface area contributed by atoms with Gasteiger partial charge in [0, 0.05) is 33.4 Å². The van der Waals surface area contributed by atoms with Crippen LogP contribution in [0.15, 0.2) is 18.3 Å². The highest BCUT2D eigenvalue weighted by atomic mass is 16.5. The van der Waals surface area contributed by atoms with E-state index in [-0.39, 0.29) is 17.7 Å². The third-order valence-corrected chi connectivity index (χ3v) is 4.09. The highest BCUT2D eigenvalue weighted by Crippen LogP contribution is 2.16. The summed E-state index contributed by atoms with van der Waals surface area (Å²) in [4.78, 5) is 33.4. The van der Waals surface area contributed by atoms with Crippen molar-refractivity contribution >= 4 is 17.6 Å². The van der Waals surface area contributed by atoms with Gasteiger partial charge in [-0.2, -0.15) is 0 Å². The second kappa shape index (κ2) is 8.80. The number of carbonyl (C=O) groups is 2. The number of hydrogen-bond donors (Lipinski definition) is 1. The van der Waals surface area contributed by atoms with Crippen LogP contribution in [0.5, 0.6) is 0 Å². The Morgan fingerprint density at radius 3 is 2.60 bits per heavy atom. The van der Waals surface area contributed by atoms with Gasteiger partial charge in [-0.1, -0.05) is 13.8 Å². The molecule has 138 valence electrons. The molecule has 7 nitrogen and oxygen atoms in total. The Morgan fingerprint density at radius 1 is 1.32 bits per heavy atom. The molecule has 1 aromatic rings. The first-order valence-corrected chi connectivity index (χ1v) is 8.70. The Labute approximate surface area is 149 Å². The van der Waals surface area contributed by atoms with E-state index in [4.69, 9.17) is 4.74 Å². The molecule has 7 heteroatoms. The average molecular weight is 348 g/mol. The van der Waals surface area contributed by atoms with Gasteiger partial charge in [0.05, 0.1) is 18.8 Å². The van der Waals surface area contributed by atoms with Crippen LogP contribution >= 0.6 is 0 Å². The van der Waals surface area contributed by atoms with E-state index in [1.165, 1.54) is 0 Å². The minimum absolute atomic E-state index is 0.0411. The van der Waals surface area contributed by atoms with Gasteiger partial charge in [-0.05, 0) is 24.5 Å². The summed E-state index contributed by atoms with van der Waals surface area (Å²) in [5, 5.41) is 2.92. The van der Waals surface area contributed by atoms with Crippen molar-refractivity contribution in [3.8, 4) is 0 Å². The molecule has 0 bridgehead atoms. The van der Waals surface area contributed by atoms with Crippen LogP contribution < -0.4 is 10.2 Å². The van der Waals surface area contributed by atoms with Gasteiger partial charge in [-0.3, -0.25) is 9.59 Å². The van der Waals surface area contributed by atoms with Gasteiger partial charge in [-0.15, -0.1) is 0 Å². The van der Waals surface area contributed by atoms with Gasteiger partial charge in [-0.25, -0.2) is 4.98 Å². The highest BCUT2D eigenvalue weighted by molar-refractivity contribution is 6.01. The summed E-state index contributed by atoms with van der Waals surface area (Å²) in [6.07, 6.45) is 2.25. The Bertz CT molecular complexity index is 598. The molecule has 1 saturated heterocycles. The van der Waals surface area contributed by atoms with E-state index < -0.39 is 6.04 Å². The summed E-state index contributed by atoms with van der Waals surface area (Å²) in [5.41, 5.74) is 0.469. The molecule has 1 aliphatic rings. The topological polar surface area (TPSA) is 74.8 Å². The maximum atomic E-state index is 12.8. The van der Waals surface area contributed by atoms with Crippen LogP contribution in [0, 0.1) is 5.92 Å². The van der Waals surface area contributed by atoms with E-state index in [2.05, 4.69) is 10.3 Å². The number of hydrogen-bond acceptors (Lipinski definition) is 5. The molecular weight excluding hydrogens is 320 g/mol. The number of pyridine rings is 1. The standard InChI is InChI=1S/C18H28N4O3/c1-13(2)12-15(18(24)22-8-10-25-11-9-22)20-17(23)14-6-5-7-19-16(14)21(3)4/h5-7,13,15H,8-12H2,1-4H3,(H,20,23)/t15-/m0/s1. The van der Waals surface area contributed by atoms with E-state index in [0.29, 0.717) is 44.1 Å². The summed E-state index contributed by atoms with van der Waals surface area (Å²) < 4.78 is 5.31. The number of ether oxygens (including phenoxy) is 1. The predicted molar refractivity (Wildman–Crippen MR) is 96.7 cm³/mol. The maximum Gasteiger partial charge on any atom is 0.255 e. The first kappa shape index (κ1) is 19.2. The molecule has 0 aliphatic carbocycles. The predicted octanol–water partition coefficient (Wildman–Crippen LogP) is 1.15. The Kier molecular flexibility index (Phi) is 6.75. The number of nitrogens with one attached hydrogen (secondary N) is 1. The SMILES string of the molecule is CC(C)C[C@H](NC(=O)c1cccnc1N(C)C)C(=O)N1CCOCC1. The second-order valence-electron chi connectivity index (χ2n) is 6.86. The zero-order valence-electron chi connectivity index (χ0n) is 15.5. The lowest BCUT2D eigenvalue weighted by Gasteiger charge is -2.31. The van der Waals surface area contributed by atoms with Crippen LogP contribution in [0.1, 0.15) is 30.6 Å². The van der Waals surface area contributed by atoms with Crippen molar-refractivity contribution in [3.63, 3.8) is 0 Å². The largest absolute Gasteiger partial charge is 0.378 e. The summed E-state index contributed by atoms with van der Waals surface area (Å²) in [6.45, 7) is 6.31. The molecule has 2 heterocycles. The average Bonchev–Trinajstić information content (AvgIpc) is 2.60. The molecular formula is C18H28N4O3. The van der Waals surface area contributed by atoms with E-state index in [9.17, 15) is 9.59 Å². The van der Waals surface area contributed by atoms with Crippen molar-refractivity contribution in [1.29, 1.82) is 0 Å². The molecule has 2 rings (SSSR count). The van der Waals surface area contributed by atoms with Crippen LogP contribution in [-0.2, 0) is 9.53 Å². The molecule has 2 amide bonds. The van der Waals surface area contributed by atoms with Crippen molar-refractivity contribution in [2.45, 2.75) is 26.3 Å². The first-order valence-electron chi connectivity index (χ1n) is 8.70. The molecule has 1 aliphatic heterocycles. The number of carbonyl (C=O) groups excluding carboxylic acids is 2. The van der Waals surface area contributed by atoms with Gasteiger partial charge in [0.25, 0.3) is 5.91 Å². The van der Waals surface area contributed by atoms with Gasteiger partial charge < -0.3 is 19.9 Å². The van der Waals surface area contributed by atoms with Crippen LogP contribution in [0.25, 0.3) is 0 Å². The Hall–Kier alpha value is -2.15. The molecule has 0 unspecified atom stereocenters. The second-order valence-corrected chi connectivity index (χ2v) is 6.86. The summed E-state index contributed by atoms with van der Waals surface area (Å²) in [5.74, 6) is 0.560. The van der Waals surface area contributed by atoms with Gasteiger partial charge in [0.1, 0.15) is 11.9 Å². The van der Waals surface area contributed by atoms with Gasteiger partial charge in [0.2, 0.25) is 5.91 Å². The summed E-state index contributed by atoms with van der Waals surface area (Å²) in [7, 11) is 3.67. The van der Waals surface area contributed by atoms with Crippen LogP contribution in [0.3, 0.4) is 0 Å². The lowest BCUT2D eigenvalue weighted by Crippen LogP contribution is -2.52. The zero-order valence-corrected chi connectivity index (χ0v) is 15.5. The molecule has 0 radical (unpaired) electrons. The third-order valence-electron chi connectivity index (χ3n) is 4.09. The molecule has 0 saturated carbocycles. The maximum absolute atomic E-state index is 12.8. The third kappa shape index (κ3) is 5.16. The van der Waals surface area contributed by atoms with Crippen molar-refractivity contribution in [1.82, 2.24) is 15.2 Å². The van der Waals surface area contributed by atoms with Crippen LogP contribution in [0.2, 0.25) is 0 Å². The lowest BCUT2D eigenvalue weighted by atomic mass is 10.0. The molecule has 1 atom stereocenters. The van der Waals surface area contributed by atoms with E-state index in [0.717, 1.165) is 0 Å². The Morgan fingerprint density at radius 2 is 2.00 bits per heavy atom. The number of nitrogens with zero attached hydrogens (tertiary/aromatic N) is 3. The molecule has 1 aromatic heterocycles. The normalized spacial score (nSPS) is 15.8.